The summed E-state index contributed by atoms with van der Waals surface area (Å²) in [4.78, 5) is 14.3. The Balaban J connectivity index is 1.72. The lowest BCUT2D eigenvalue weighted by molar-refractivity contribution is 0.0723. The van der Waals surface area contributed by atoms with Crippen LogP contribution in [0.15, 0.2) is 6.07 Å². The fraction of sp³-hybridized carbons (Fsp3) is 0.714. The van der Waals surface area contributed by atoms with Crippen LogP contribution in [0.2, 0.25) is 0 Å². The molecule has 0 bridgehead atoms. The van der Waals surface area contributed by atoms with Gasteiger partial charge in [0.25, 0.3) is 5.91 Å². The van der Waals surface area contributed by atoms with Crippen molar-refractivity contribution in [3.05, 3.63) is 11.8 Å². The highest BCUT2D eigenvalue weighted by molar-refractivity contribution is 5.92. The van der Waals surface area contributed by atoms with Crippen molar-refractivity contribution in [2.75, 3.05) is 26.3 Å². The predicted octanol–water partition coefficient (Wildman–Crippen LogP) is 0.900. The van der Waals surface area contributed by atoms with Crippen molar-refractivity contribution in [2.24, 2.45) is 5.41 Å². The number of aliphatic hydroxyl groups excluding tert-OH is 1. The van der Waals surface area contributed by atoms with Crippen LogP contribution < -0.4 is 4.74 Å². The van der Waals surface area contributed by atoms with Gasteiger partial charge < -0.3 is 14.7 Å². The summed E-state index contributed by atoms with van der Waals surface area (Å²) in [6.45, 7) is 4.91. The van der Waals surface area contributed by atoms with E-state index in [4.69, 9.17) is 4.74 Å². The van der Waals surface area contributed by atoms with Gasteiger partial charge in [-0.1, -0.05) is 13.3 Å². The lowest BCUT2D eigenvalue weighted by atomic mass is 9.83. The zero-order valence-electron chi connectivity index (χ0n) is 11.8. The summed E-state index contributed by atoms with van der Waals surface area (Å²) in [7, 11) is 0. The minimum absolute atomic E-state index is 0.0538. The molecule has 0 aromatic carbocycles. The number of rotatable bonds is 4. The van der Waals surface area contributed by atoms with Crippen LogP contribution in [0.5, 0.6) is 5.88 Å². The fourth-order valence-electron chi connectivity index (χ4n) is 3.23. The molecule has 1 atom stereocenters. The maximum absolute atomic E-state index is 12.5. The summed E-state index contributed by atoms with van der Waals surface area (Å²) in [5.41, 5.74) is 0.327. The average Bonchev–Trinajstić information content (AvgIpc) is 3.12. The van der Waals surface area contributed by atoms with Crippen molar-refractivity contribution in [1.82, 2.24) is 14.7 Å². The predicted molar refractivity (Wildman–Crippen MR) is 72.7 cm³/mol. The molecule has 6 heteroatoms. The van der Waals surface area contributed by atoms with E-state index in [1.807, 2.05) is 4.90 Å². The van der Waals surface area contributed by atoms with E-state index in [2.05, 4.69) is 12.0 Å². The maximum Gasteiger partial charge on any atom is 0.274 e. The molecule has 0 aliphatic carbocycles. The SMILES string of the molecule is CCCC1(CO)CCN(C(=O)c2cc3n(n2)CCO3)C1. The first kappa shape index (κ1) is 13.4. The average molecular weight is 279 g/mol. The van der Waals surface area contributed by atoms with Gasteiger partial charge in [0.15, 0.2) is 5.69 Å². The molecule has 1 N–H and O–H groups in total. The first-order chi connectivity index (χ1) is 9.67. The lowest BCUT2D eigenvalue weighted by Crippen LogP contribution is -2.34. The van der Waals surface area contributed by atoms with Gasteiger partial charge >= 0.3 is 0 Å². The number of nitrogens with zero attached hydrogens (tertiary/aromatic N) is 3. The Morgan fingerprint density at radius 1 is 1.55 bits per heavy atom. The number of ether oxygens (including phenoxy) is 1. The Kier molecular flexibility index (Phi) is 3.41. The largest absolute Gasteiger partial charge is 0.476 e. The van der Waals surface area contributed by atoms with Gasteiger partial charge in [0, 0.05) is 24.6 Å². The molecule has 3 heterocycles. The normalized spacial score (nSPS) is 24.8. The highest BCUT2D eigenvalue weighted by atomic mass is 16.5. The summed E-state index contributed by atoms with van der Waals surface area (Å²) in [5.74, 6) is 0.622. The van der Waals surface area contributed by atoms with Gasteiger partial charge in [0.05, 0.1) is 13.2 Å². The number of aliphatic hydroxyl groups is 1. The highest BCUT2D eigenvalue weighted by Crippen LogP contribution is 2.35. The molecule has 1 aromatic rings. The minimum Gasteiger partial charge on any atom is -0.476 e. The molecule has 20 heavy (non-hydrogen) atoms. The van der Waals surface area contributed by atoms with E-state index in [1.165, 1.54) is 0 Å². The number of amides is 1. The van der Waals surface area contributed by atoms with Crippen LogP contribution in [0.1, 0.15) is 36.7 Å². The van der Waals surface area contributed by atoms with Crippen LogP contribution in [0.25, 0.3) is 0 Å². The second kappa shape index (κ2) is 5.09. The number of carbonyl (C=O) groups is 1. The van der Waals surface area contributed by atoms with E-state index in [-0.39, 0.29) is 17.9 Å². The van der Waals surface area contributed by atoms with Gasteiger partial charge in [-0.15, -0.1) is 0 Å². The topological polar surface area (TPSA) is 67.6 Å². The van der Waals surface area contributed by atoms with E-state index in [0.29, 0.717) is 37.8 Å². The van der Waals surface area contributed by atoms with E-state index in [1.54, 1.807) is 10.7 Å². The molecule has 0 saturated carbocycles. The van der Waals surface area contributed by atoms with Gasteiger partial charge in [0.2, 0.25) is 5.88 Å². The lowest BCUT2D eigenvalue weighted by Gasteiger charge is -2.26. The minimum atomic E-state index is -0.122. The third-order valence-electron chi connectivity index (χ3n) is 4.36. The zero-order chi connectivity index (χ0) is 14.2. The molecular weight excluding hydrogens is 258 g/mol. The Morgan fingerprint density at radius 2 is 2.40 bits per heavy atom. The van der Waals surface area contributed by atoms with Gasteiger partial charge in [-0.2, -0.15) is 5.10 Å². The maximum atomic E-state index is 12.5. The third kappa shape index (κ3) is 2.18. The molecule has 2 aliphatic heterocycles. The molecule has 1 unspecified atom stereocenters. The van der Waals surface area contributed by atoms with Crippen LogP contribution in [-0.2, 0) is 6.54 Å². The van der Waals surface area contributed by atoms with Crippen molar-refractivity contribution < 1.29 is 14.6 Å². The van der Waals surface area contributed by atoms with E-state index >= 15 is 0 Å². The zero-order valence-corrected chi connectivity index (χ0v) is 11.8. The molecule has 1 aromatic heterocycles. The Labute approximate surface area is 118 Å². The first-order valence-electron chi connectivity index (χ1n) is 7.28. The van der Waals surface area contributed by atoms with E-state index < -0.39 is 0 Å². The first-order valence-corrected chi connectivity index (χ1v) is 7.28. The highest BCUT2D eigenvalue weighted by Gasteiger charge is 2.39. The molecule has 3 rings (SSSR count). The smallest absolute Gasteiger partial charge is 0.274 e. The Hall–Kier alpha value is -1.56. The van der Waals surface area contributed by atoms with Gasteiger partial charge in [0.1, 0.15) is 6.61 Å². The molecule has 2 aliphatic rings. The van der Waals surface area contributed by atoms with E-state index in [0.717, 1.165) is 19.3 Å². The summed E-state index contributed by atoms with van der Waals surface area (Å²) < 4.78 is 7.11. The second-order valence-corrected chi connectivity index (χ2v) is 5.82. The number of likely N-dealkylation sites (tertiary alicyclic amines) is 1. The molecule has 0 spiro atoms. The van der Waals surface area contributed by atoms with E-state index in [9.17, 15) is 9.90 Å². The summed E-state index contributed by atoms with van der Waals surface area (Å²) >= 11 is 0. The van der Waals surface area contributed by atoms with Gasteiger partial charge in [-0.05, 0) is 12.8 Å². The quantitative estimate of drug-likeness (QED) is 0.889. The van der Waals surface area contributed by atoms with Crippen molar-refractivity contribution >= 4 is 5.91 Å². The van der Waals surface area contributed by atoms with Crippen molar-refractivity contribution in [3.8, 4) is 5.88 Å². The summed E-state index contributed by atoms with van der Waals surface area (Å²) in [5, 5.41) is 13.9. The van der Waals surface area contributed by atoms with Crippen LogP contribution in [-0.4, -0.2) is 52.0 Å². The monoisotopic (exact) mass is 279 g/mol. The van der Waals surface area contributed by atoms with Crippen molar-refractivity contribution in [2.45, 2.75) is 32.7 Å². The van der Waals surface area contributed by atoms with Crippen LogP contribution in [0, 0.1) is 5.41 Å². The molecular formula is C14H21N3O3. The van der Waals surface area contributed by atoms with Crippen molar-refractivity contribution in [1.29, 1.82) is 0 Å². The Morgan fingerprint density at radius 3 is 3.10 bits per heavy atom. The number of aromatic nitrogens is 2. The van der Waals surface area contributed by atoms with Crippen molar-refractivity contribution in [3.63, 3.8) is 0 Å². The number of carbonyl (C=O) groups excluding carboxylic acids is 1. The van der Waals surface area contributed by atoms with Crippen LogP contribution >= 0.6 is 0 Å². The van der Waals surface area contributed by atoms with Crippen LogP contribution in [0.3, 0.4) is 0 Å². The van der Waals surface area contributed by atoms with Crippen LogP contribution in [0.4, 0.5) is 0 Å². The molecule has 0 radical (unpaired) electrons. The molecule has 1 fully saturated rings. The van der Waals surface area contributed by atoms with Gasteiger partial charge in [-0.3, -0.25) is 4.79 Å². The number of hydrogen-bond acceptors (Lipinski definition) is 4. The standard InChI is InChI=1S/C14H21N3O3/c1-2-3-14(10-18)4-5-16(9-14)13(19)11-8-12-17(15-11)6-7-20-12/h8,18H,2-7,9-10H2,1H3. The molecule has 1 saturated heterocycles. The number of fused-ring (bicyclic) bond motifs is 1. The number of hydrogen-bond donors (Lipinski definition) is 1. The second-order valence-electron chi connectivity index (χ2n) is 5.82. The fourth-order valence-corrected chi connectivity index (χ4v) is 3.23. The molecule has 110 valence electrons. The molecule has 1 amide bonds. The summed E-state index contributed by atoms with van der Waals surface area (Å²) in [6, 6.07) is 1.72. The van der Waals surface area contributed by atoms with Gasteiger partial charge in [-0.25, -0.2) is 4.68 Å². The summed E-state index contributed by atoms with van der Waals surface area (Å²) in [6.07, 6.45) is 2.85. The Bertz CT molecular complexity index is 492. The third-order valence-corrected chi connectivity index (χ3v) is 4.36. The molecule has 6 nitrogen and oxygen atoms in total.